The highest BCUT2D eigenvalue weighted by Gasteiger charge is 2.07. The fourth-order valence-corrected chi connectivity index (χ4v) is 2.27. The predicted molar refractivity (Wildman–Crippen MR) is 69.2 cm³/mol. The molecule has 0 atom stereocenters. The molecule has 3 nitrogen and oxygen atoms in total. The first-order valence-electron chi connectivity index (χ1n) is 5.27. The van der Waals surface area contributed by atoms with Gasteiger partial charge in [-0.2, -0.15) is 11.8 Å². The number of thioether (sulfide) groups is 1. The van der Waals surface area contributed by atoms with Gasteiger partial charge in [0.1, 0.15) is 0 Å². The largest absolute Gasteiger partial charge is 0.347 e. The standard InChI is InChI=1S/C12H15N3S/c13-6-7-16-8-11-12(15-9-14-11)10-4-2-1-3-5-10/h1-5,9H,6-8,13H2,(H,14,15). The summed E-state index contributed by atoms with van der Waals surface area (Å²) in [6, 6.07) is 10.2. The molecule has 0 saturated carbocycles. The third-order valence-corrected chi connectivity index (χ3v) is 3.29. The molecule has 1 heterocycles. The van der Waals surface area contributed by atoms with E-state index in [0.717, 1.165) is 29.3 Å². The number of aromatic amines is 1. The third-order valence-electron chi connectivity index (χ3n) is 2.27. The lowest BCUT2D eigenvalue weighted by Gasteiger charge is -2.02. The minimum Gasteiger partial charge on any atom is -0.347 e. The monoisotopic (exact) mass is 233 g/mol. The molecule has 16 heavy (non-hydrogen) atoms. The average molecular weight is 233 g/mol. The molecule has 0 saturated heterocycles. The summed E-state index contributed by atoms with van der Waals surface area (Å²) in [6.07, 6.45) is 1.75. The van der Waals surface area contributed by atoms with E-state index in [1.807, 2.05) is 30.0 Å². The molecule has 1 aromatic carbocycles. The number of nitrogens with two attached hydrogens (primary N) is 1. The number of hydrogen-bond acceptors (Lipinski definition) is 3. The number of nitrogens with zero attached hydrogens (tertiary/aromatic N) is 1. The number of nitrogens with one attached hydrogen (secondary N) is 1. The van der Waals surface area contributed by atoms with E-state index in [-0.39, 0.29) is 0 Å². The Morgan fingerprint density at radius 3 is 2.81 bits per heavy atom. The maximum absolute atomic E-state index is 5.47. The SMILES string of the molecule is NCCSCc1[nH]cnc1-c1ccccc1. The molecule has 0 aliphatic rings. The quantitative estimate of drug-likeness (QED) is 0.779. The number of aromatic nitrogens is 2. The molecule has 1 aromatic heterocycles. The molecule has 0 unspecified atom stereocenters. The van der Waals surface area contributed by atoms with Crippen LogP contribution in [0.3, 0.4) is 0 Å². The van der Waals surface area contributed by atoms with E-state index in [1.165, 1.54) is 5.69 Å². The number of H-pyrrole nitrogens is 1. The molecule has 0 aliphatic heterocycles. The van der Waals surface area contributed by atoms with E-state index in [2.05, 4.69) is 22.1 Å². The first-order chi connectivity index (χ1) is 7.92. The Kier molecular flexibility index (Phi) is 4.02. The molecule has 0 amide bonds. The Morgan fingerprint density at radius 2 is 2.06 bits per heavy atom. The van der Waals surface area contributed by atoms with Crippen LogP contribution >= 0.6 is 11.8 Å². The van der Waals surface area contributed by atoms with Gasteiger partial charge < -0.3 is 10.7 Å². The fourth-order valence-electron chi connectivity index (χ4n) is 1.53. The van der Waals surface area contributed by atoms with Crippen molar-refractivity contribution in [1.29, 1.82) is 0 Å². The summed E-state index contributed by atoms with van der Waals surface area (Å²) < 4.78 is 0. The maximum atomic E-state index is 5.47. The molecule has 0 aliphatic carbocycles. The summed E-state index contributed by atoms with van der Waals surface area (Å²) in [7, 11) is 0. The van der Waals surface area contributed by atoms with Crippen LogP contribution in [0.5, 0.6) is 0 Å². The number of rotatable bonds is 5. The zero-order valence-corrected chi connectivity index (χ0v) is 9.83. The highest BCUT2D eigenvalue weighted by atomic mass is 32.2. The van der Waals surface area contributed by atoms with Gasteiger partial charge in [0.2, 0.25) is 0 Å². The lowest BCUT2D eigenvalue weighted by Crippen LogP contribution is -2.01. The van der Waals surface area contributed by atoms with Gasteiger partial charge in [-0.15, -0.1) is 0 Å². The second-order valence-electron chi connectivity index (χ2n) is 3.44. The van der Waals surface area contributed by atoms with Crippen LogP contribution in [0.2, 0.25) is 0 Å². The van der Waals surface area contributed by atoms with Gasteiger partial charge in [-0.1, -0.05) is 30.3 Å². The van der Waals surface area contributed by atoms with Crippen molar-refractivity contribution < 1.29 is 0 Å². The molecule has 2 rings (SSSR count). The highest BCUT2D eigenvalue weighted by molar-refractivity contribution is 7.98. The lowest BCUT2D eigenvalue weighted by molar-refractivity contribution is 1.14. The fraction of sp³-hybridized carbons (Fsp3) is 0.250. The van der Waals surface area contributed by atoms with E-state index in [1.54, 1.807) is 6.33 Å². The van der Waals surface area contributed by atoms with Gasteiger partial charge in [0.15, 0.2) is 0 Å². The second kappa shape index (κ2) is 5.72. The summed E-state index contributed by atoms with van der Waals surface area (Å²) in [5, 5.41) is 0. The van der Waals surface area contributed by atoms with Crippen LogP contribution in [0, 0.1) is 0 Å². The third kappa shape index (κ3) is 2.65. The first kappa shape index (κ1) is 11.2. The summed E-state index contributed by atoms with van der Waals surface area (Å²) in [4.78, 5) is 7.56. The van der Waals surface area contributed by atoms with Crippen LogP contribution in [-0.4, -0.2) is 22.3 Å². The molecule has 0 fully saturated rings. The minimum absolute atomic E-state index is 0.722. The van der Waals surface area contributed by atoms with Crippen molar-refractivity contribution in [3.05, 3.63) is 42.4 Å². The van der Waals surface area contributed by atoms with E-state index >= 15 is 0 Å². The van der Waals surface area contributed by atoms with Crippen molar-refractivity contribution in [2.24, 2.45) is 5.73 Å². The van der Waals surface area contributed by atoms with Gasteiger partial charge in [0, 0.05) is 23.6 Å². The molecule has 0 radical (unpaired) electrons. The topological polar surface area (TPSA) is 54.7 Å². The Hall–Kier alpha value is -1.26. The van der Waals surface area contributed by atoms with E-state index < -0.39 is 0 Å². The van der Waals surface area contributed by atoms with Crippen LogP contribution in [-0.2, 0) is 5.75 Å². The van der Waals surface area contributed by atoms with Gasteiger partial charge in [0.05, 0.1) is 17.7 Å². The van der Waals surface area contributed by atoms with Gasteiger partial charge in [-0.25, -0.2) is 4.98 Å². The van der Waals surface area contributed by atoms with Crippen molar-refractivity contribution in [3.8, 4) is 11.3 Å². The zero-order chi connectivity index (χ0) is 11.2. The Morgan fingerprint density at radius 1 is 1.25 bits per heavy atom. The number of imidazole rings is 1. The predicted octanol–water partition coefficient (Wildman–Crippen LogP) is 2.27. The van der Waals surface area contributed by atoms with Crippen LogP contribution in [0.1, 0.15) is 5.69 Å². The molecule has 4 heteroatoms. The molecule has 3 N–H and O–H groups in total. The smallest absolute Gasteiger partial charge is 0.0929 e. The van der Waals surface area contributed by atoms with Crippen LogP contribution in [0.15, 0.2) is 36.7 Å². The normalized spacial score (nSPS) is 10.6. The van der Waals surface area contributed by atoms with Crippen molar-refractivity contribution in [2.75, 3.05) is 12.3 Å². The summed E-state index contributed by atoms with van der Waals surface area (Å²) in [5.41, 5.74) is 8.85. The van der Waals surface area contributed by atoms with Crippen LogP contribution in [0.25, 0.3) is 11.3 Å². The summed E-state index contributed by atoms with van der Waals surface area (Å²) >= 11 is 1.82. The van der Waals surface area contributed by atoms with E-state index in [9.17, 15) is 0 Å². The molecular weight excluding hydrogens is 218 g/mol. The van der Waals surface area contributed by atoms with Gasteiger partial charge in [-0.05, 0) is 0 Å². The summed E-state index contributed by atoms with van der Waals surface area (Å²) in [5.74, 6) is 1.91. The Labute approximate surface area is 99.5 Å². The van der Waals surface area contributed by atoms with E-state index in [4.69, 9.17) is 5.73 Å². The maximum Gasteiger partial charge on any atom is 0.0929 e. The van der Waals surface area contributed by atoms with Gasteiger partial charge in [-0.3, -0.25) is 0 Å². The number of benzene rings is 1. The average Bonchev–Trinajstić information content (AvgIpc) is 2.79. The van der Waals surface area contributed by atoms with Crippen LogP contribution < -0.4 is 5.73 Å². The Bertz CT molecular complexity index is 425. The van der Waals surface area contributed by atoms with E-state index in [0.29, 0.717) is 0 Å². The first-order valence-corrected chi connectivity index (χ1v) is 6.43. The van der Waals surface area contributed by atoms with Crippen molar-refractivity contribution in [3.63, 3.8) is 0 Å². The molecular formula is C12H15N3S. The van der Waals surface area contributed by atoms with Gasteiger partial charge in [0.25, 0.3) is 0 Å². The molecule has 0 bridgehead atoms. The molecule has 2 aromatic rings. The second-order valence-corrected chi connectivity index (χ2v) is 4.54. The zero-order valence-electron chi connectivity index (χ0n) is 9.02. The van der Waals surface area contributed by atoms with Crippen LogP contribution in [0.4, 0.5) is 0 Å². The molecule has 84 valence electrons. The van der Waals surface area contributed by atoms with Gasteiger partial charge >= 0.3 is 0 Å². The van der Waals surface area contributed by atoms with Crippen molar-refractivity contribution in [1.82, 2.24) is 9.97 Å². The summed E-state index contributed by atoms with van der Waals surface area (Å²) in [6.45, 7) is 0.722. The Balaban J connectivity index is 2.13. The minimum atomic E-state index is 0.722. The molecule has 0 spiro atoms. The number of hydrogen-bond donors (Lipinski definition) is 2. The van der Waals surface area contributed by atoms with Crippen molar-refractivity contribution in [2.45, 2.75) is 5.75 Å². The lowest BCUT2D eigenvalue weighted by atomic mass is 10.1. The highest BCUT2D eigenvalue weighted by Crippen LogP contribution is 2.22. The van der Waals surface area contributed by atoms with Crippen molar-refractivity contribution >= 4 is 11.8 Å².